The molecule has 7 nitrogen and oxygen atoms in total. The van der Waals surface area contributed by atoms with E-state index >= 15 is 0 Å². The summed E-state index contributed by atoms with van der Waals surface area (Å²) in [5.41, 5.74) is -0.728. The lowest BCUT2D eigenvalue weighted by Crippen LogP contribution is -2.54. The van der Waals surface area contributed by atoms with Gasteiger partial charge in [0.1, 0.15) is 6.54 Å². The molecule has 0 aromatic carbocycles. The molecule has 1 rings (SSSR count). The summed E-state index contributed by atoms with van der Waals surface area (Å²) >= 11 is 0. The molecule has 0 spiro atoms. The molecule has 0 atom stereocenters. The number of nitrogens with zero attached hydrogens (tertiary/aromatic N) is 2. The predicted octanol–water partition coefficient (Wildman–Crippen LogP) is -0.352. The van der Waals surface area contributed by atoms with E-state index in [1.54, 1.807) is 25.7 Å². The Hall–Kier alpha value is -1.34. The zero-order chi connectivity index (χ0) is 15.2. The van der Waals surface area contributed by atoms with Gasteiger partial charge in [-0.2, -0.15) is 0 Å². The third-order valence-electron chi connectivity index (χ3n) is 2.96. The summed E-state index contributed by atoms with van der Waals surface area (Å²) in [7, 11) is 0. The molecule has 0 aliphatic carbocycles. The Labute approximate surface area is 119 Å². The highest BCUT2D eigenvalue weighted by atomic mass is 16.5. The number of rotatable bonds is 5. The van der Waals surface area contributed by atoms with Crippen molar-refractivity contribution in [3.8, 4) is 0 Å². The summed E-state index contributed by atoms with van der Waals surface area (Å²) in [5.74, 6) is -0.429. The van der Waals surface area contributed by atoms with Crippen LogP contribution in [0.25, 0.3) is 0 Å². The van der Waals surface area contributed by atoms with E-state index in [0.717, 1.165) is 13.1 Å². The second-order valence-corrected chi connectivity index (χ2v) is 5.54. The maximum atomic E-state index is 11.8. The van der Waals surface area contributed by atoms with Gasteiger partial charge >= 0.3 is 12.0 Å². The molecule has 2 N–H and O–H groups in total. The number of piperazine rings is 1. The summed E-state index contributed by atoms with van der Waals surface area (Å²) < 4.78 is 4.74. The van der Waals surface area contributed by atoms with Crippen LogP contribution in [0.15, 0.2) is 0 Å². The molecular weight excluding hydrogens is 262 g/mol. The molecule has 0 bridgehead atoms. The number of urea groups is 1. The number of ether oxygens (including phenoxy) is 1. The quantitative estimate of drug-likeness (QED) is 0.675. The first-order valence-corrected chi connectivity index (χ1v) is 6.95. The topological polar surface area (TPSA) is 82.1 Å². The van der Waals surface area contributed by atoms with Gasteiger partial charge in [0.05, 0.1) is 12.2 Å². The van der Waals surface area contributed by atoms with Crippen molar-refractivity contribution in [2.24, 2.45) is 0 Å². The maximum Gasteiger partial charge on any atom is 0.325 e. The molecule has 1 fully saturated rings. The SMILES string of the molecule is CCOC(=O)CNC(=O)N1CCN(CC(C)(C)O)CC1. The lowest BCUT2D eigenvalue weighted by atomic mass is 10.1. The average molecular weight is 287 g/mol. The van der Waals surface area contributed by atoms with Crippen LogP contribution in [0, 0.1) is 0 Å². The Kier molecular flexibility index (Phi) is 6.22. The van der Waals surface area contributed by atoms with Crippen molar-refractivity contribution in [1.82, 2.24) is 15.1 Å². The largest absolute Gasteiger partial charge is 0.465 e. The van der Waals surface area contributed by atoms with Crippen LogP contribution in [0.3, 0.4) is 0 Å². The third kappa shape index (κ3) is 6.21. The van der Waals surface area contributed by atoms with E-state index in [-0.39, 0.29) is 12.6 Å². The Morgan fingerprint density at radius 2 is 1.85 bits per heavy atom. The molecule has 1 heterocycles. The zero-order valence-corrected chi connectivity index (χ0v) is 12.5. The number of aliphatic hydroxyl groups is 1. The highest BCUT2D eigenvalue weighted by molar-refractivity contribution is 5.80. The van der Waals surface area contributed by atoms with Crippen molar-refractivity contribution in [2.45, 2.75) is 26.4 Å². The molecule has 20 heavy (non-hydrogen) atoms. The molecule has 7 heteroatoms. The minimum absolute atomic E-state index is 0.101. The average Bonchev–Trinajstić information content (AvgIpc) is 2.35. The molecule has 0 aromatic rings. The van der Waals surface area contributed by atoms with Gasteiger partial charge < -0.3 is 20.1 Å². The van der Waals surface area contributed by atoms with E-state index in [4.69, 9.17) is 4.74 Å². The fourth-order valence-electron chi connectivity index (χ4n) is 2.13. The predicted molar refractivity (Wildman–Crippen MR) is 74.3 cm³/mol. The molecule has 1 aliphatic heterocycles. The molecule has 0 aromatic heterocycles. The number of esters is 1. The van der Waals surface area contributed by atoms with Gasteiger partial charge in [0.25, 0.3) is 0 Å². The molecule has 1 aliphatic rings. The normalized spacial score (nSPS) is 16.9. The Balaban J connectivity index is 2.27. The van der Waals surface area contributed by atoms with E-state index in [0.29, 0.717) is 26.2 Å². The minimum atomic E-state index is -0.728. The van der Waals surface area contributed by atoms with Crippen LogP contribution in [0.1, 0.15) is 20.8 Å². The first kappa shape index (κ1) is 16.7. The highest BCUT2D eigenvalue weighted by Crippen LogP contribution is 2.08. The van der Waals surface area contributed by atoms with Crippen LogP contribution in [-0.4, -0.2) is 78.4 Å². The smallest absolute Gasteiger partial charge is 0.325 e. The van der Waals surface area contributed by atoms with Gasteiger partial charge in [-0.3, -0.25) is 9.69 Å². The van der Waals surface area contributed by atoms with Gasteiger partial charge in [-0.25, -0.2) is 4.79 Å². The number of nitrogens with one attached hydrogen (secondary N) is 1. The van der Waals surface area contributed by atoms with Crippen LogP contribution in [0.4, 0.5) is 4.79 Å². The summed E-state index contributed by atoms with van der Waals surface area (Å²) in [6.07, 6.45) is 0. The maximum absolute atomic E-state index is 11.8. The van der Waals surface area contributed by atoms with Crippen molar-refractivity contribution >= 4 is 12.0 Å². The van der Waals surface area contributed by atoms with Crippen LogP contribution in [0.2, 0.25) is 0 Å². The first-order chi connectivity index (χ1) is 9.31. The third-order valence-corrected chi connectivity index (χ3v) is 2.96. The van der Waals surface area contributed by atoms with Gasteiger partial charge in [0.2, 0.25) is 0 Å². The molecule has 0 saturated carbocycles. The first-order valence-electron chi connectivity index (χ1n) is 6.95. The van der Waals surface area contributed by atoms with E-state index in [1.165, 1.54) is 0 Å². The Bertz CT molecular complexity index is 333. The van der Waals surface area contributed by atoms with Crippen molar-refractivity contribution in [3.63, 3.8) is 0 Å². The van der Waals surface area contributed by atoms with E-state index in [2.05, 4.69) is 10.2 Å². The summed E-state index contributed by atoms with van der Waals surface area (Å²) in [6, 6.07) is -0.249. The number of β-amino-alcohol motifs (C(OH)–C–C–N with tert-alkyl or cyclic N) is 1. The molecule has 0 unspecified atom stereocenters. The van der Waals surface area contributed by atoms with Crippen molar-refractivity contribution < 1.29 is 19.4 Å². The van der Waals surface area contributed by atoms with Crippen molar-refractivity contribution in [2.75, 3.05) is 45.9 Å². The van der Waals surface area contributed by atoms with Gasteiger partial charge in [0.15, 0.2) is 0 Å². The fraction of sp³-hybridized carbons (Fsp3) is 0.846. The number of amides is 2. The van der Waals surface area contributed by atoms with Crippen LogP contribution in [0.5, 0.6) is 0 Å². The molecule has 1 saturated heterocycles. The lowest BCUT2D eigenvalue weighted by Gasteiger charge is -2.37. The van der Waals surface area contributed by atoms with Crippen molar-refractivity contribution in [1.29, 1.82) is 0 Å². The lowest BCUT2D eigenvalue weighted by molar-refractivity contribution is -0.141. The number of carbonyl (C=O) groups is 2. The van der Waals surface area contributed by atoms with Gasteiger partial charge in [-0.15, -0.1) is 0 Å². The van der Waals surface area contributed by atoms with E-state index < -0.39 is 11.6 Å². The molecule has 0 radical (unpaired) electrons. The Morgan fingerprint density at radius 3 is 2.35 bits per heavy atom. The number of hydrogen-bond acceptors (Lipinski definition) is 5. The van der Waals surface area contributed by atoms with Gasteiger partial charge in [-0.05, 0) is 20.8 Å². The van der Waals surface area contributed by atoms with Crippen molar-refractivity contribution in [3.05, 3.63) is 0 Å². The fourth-order valence-corrected chi connectivity index (χ4v) is 2.13. The summed E-state index contributed by atoms with van der Waals surface area (Å²) in [6.45, 7) is 8.67. The Morgan fingerprint density at radius 1 is 1.25 bits per heavy atom. The monoisotopic (exact) mass is 287 g/mol. The molecular formula is C13H25N3O4. The zero-order valence-electron chi connectivity index (χ0n) is 12.5. The molecule has 116 valence electrons. The minimum Gasteiger partial charge on any atom is -0.465 e. The second kappa shape index (κ2) is 7.44. The highest BCUT2D eigenvalue weighted by Gasteiger charge is 2.25. The number of hydrogen-bond donors (Lipinski definition) is 2. The number of carbonyl (C=O) groups excluding carboxylic acids is 2. The standard InChI is InChI=1S/C13H25N3O4/c1-4-20-11(17)9-14-12(18)16-7-5-15(6-8-16)10-13(2,3)19/h19H,4-10H2,1-3H3,(H,14,18). The summed E-state index contributed by atoms with van der Waals surface area (Å²) in [5, 5.41) is 12.3. The summed E-state index contributed by atoms with van der Waals surface area (Å²) in [4.78, 5) is 26.8. The van der Waals surface area contributed by atoms with Crippen LogP contribution < -0.4 is 5.32 Å². The van der Waals surface area contributed by atoms with Crippen LogP contribution >= 0.6 is 0 Å². The van der Waals surface area contributed by atoms with Gasteiger partial charge in [0, 0.05) is 32.7 Å². The van der Waals surface area contributed by atoms with Gasteiger partial charge in [-0.1, -0.05) is 0 Å². The second-order valence-electron chi connectivity index (χ2n) is 5.54. The van der Waals surface area contributed by atoms with Crippen LogP contribution in [-0.2, 0) is 9.53 Å². The van der Waals surface area contributed by atoms with E-state index in [9.17, 15) is 14.7 Å². The van der Waals surface area contributed by atoms with E-state index in [1.807, 2.05) is 0 Å². The molecule has 2 amide bonds.